The third-order valence-electron chi connectivity index (χ3n) is 1.93. The van der Waals surface area contributed by atoms with Gasteiger partial charge in [0.25, 0.3) is 0 Å². The van der Waals surface area contributed by atoms with E-state index in [4.69, 9.17) is 0 Å². The van der Waals surface area contributed by atoms with Crippen LogP contribution in [0.4, 0.5) is 0 Å². The first-order chi connectivity index (χ1) is 7.03. The minimum Gasteiger partial charge on any atom is -0.309 e. The third kappa shape index (κ3) is 4.39. The molecule has 1 aromatic rings. The van der Waals surface area contributed by atoms with Crippen LogP contribution in [0.2, 0.25) is 0 Å². The molecule has 1 aromatic heterocycles. The number of hydrogen-bond acceptors (Lipinski definition) is 5. The summed E-state index contributed by atoms with van der Waals surface area (Å²) >= 11 is 0. The maximum absolute atomic E-state index is 10.8. The zero-order valence-electron chi connectivity index (χ0n) is 8.97. The van der Waals surface area contributed by atoms with E-state index in [-0.39, 0.29) is 5.75 Å². The van der Waals surface area contributed by atoms with Crippen molar-refractivity contribution >= 4 is 9.84 Å². The van der Waals surface area contributed by atoms with E-state index >= 15 is 0 Å². The van der Waals surface area contributed by atoms with Crippen molar-refractivity contribution < 1.29 is 8.42 Å². The maximum atomic E-state index is 10.8. The number of nitrogens with one attached hydrogen (secondary N) is 1. The van der Waals surface area contributed by atoms with Crippen LogP contribution in [0.1, 0.15) is 12.7 Å². The lowest BCUT2D eigenvalue weighted by Gasteiger charge is -2.04. The van der Waals surface area contributed by atoms with Crippen molar-refractivity contribution in [3.8, 4) is 0 Å². The Morgan fingerprint density at radius 1 is 1.53 bits per heavy atom. The molecule has 0 unspecified atom stereocenters. The van der Waals surface area contributed by atoms with Crippen molar-refractivity contribution in [1.29, 1.82) is 0 Å². The minimum atomic E-state index is -2.89. The molecule has 0 saturated carbocycles. The van der Waals surface area contributed by atoms with E-state index in [1.807, 2.05) is 6.92 Å². The molecule has 0 saturated heterocycles. The van der Waals surface area contributed by atoms with Crippen molar-refractivity contribution in [2.24, 2.45) is 0 Å². The molecule has 1 N–H and O–H groups in total. The summed E-state index contributed by atoms with van der Waals surface area (Å²) in [5.74, 6) is 0.971. The molecule has 0 spiro atoms. The van der Waals surface area contributed by atoms with E-state index in [1.54, 1.807) is 4.68 Å². The Hall–Kier alpha value is -0.950. The van der Waals surface area contributed by atoms with Gasteiger partial charge in [-0.3, -0.25) is 0 Å². The van der Waals surface area contributed by atoms with Crippen LogP contribution >= 0.6 is 0 Å². The van der Waals surface area contributed by atoms with E-state index in [0.717, 1.165) is 12.4 Å². The van der Waals surface area contributed by atoms with Gasteiger partial charge < -0.3 is 5.32 Å². The Morgan fingerprint density at radius 2 is 2.27 bits per heavy atom. The van der Waals surface area contributed by atoms with Crippen LogP contribution in [0.25, 0.3) is 0 Å². The summed E-state index contributed by atoms with van der Waals surface area (Å²) < 4.78 is 23.5. The Bertz CT molecular complexity index is 399. The largest absolute Gasteiger partial charge is 0.309 e. The summed E-state index contributed by atoms with van der Waals surface area (Å²) in [6.07, 6.45) is 2.72. The highest BCUT2D eigenvalue weighted by molar-refractivity contribution is 7.90. The zero-order chi connectivity index (χ0) is 11.3. The number of rotatable bonds is 6. The zero-order valence-corrected chi connectivity index (χ0v) is 9.79. The van der Waals surface area contributed by atoms with E-state index in [2.05, 4.69) is 15.4 Å². The minimum absolute atomic E-state index is 0.146. The van der Waals surface area contributed by atoms with Gasteiger partial charge in [0.2, 0.25) is 0 Å². The molecular formula is C8H16N4O2S. The second-order valence-corrected chi connectivity index (χ2v) is 5.56. The lowest BCUT2D eigenvalue weighted by Crippen LogP contribution is -2.23. The lowest BCUT2D eigenvalue weighted by molar-refractivity contribution is 0.573. The Morgan fingerprint density at radius 3 is 2.87 bits per heavy atom. The maximum Gasteiger partial charge on any atom is 0.148 e. The van der Waals surface area contributed by atoms with Gasteiger partial charge in [0, 0.05) is 19.3 Å². The van der Waals surface area contributed by atoms with Gasteiger partial charge in [-0.05, 0) is 6.92 Å². The molecule has 1 rings (SSSR count). The molecule has 0 bridgehead atoms. The predicted molar refractivity (Wildman–Crippen MR) is 57.1 cm³/mol. The highest BCUT2D eigenvalue weighted by Gasteiger charge is 2.03. The standard InChI is InChI=1S/C8H16N4O2S/c1-3-12-8(10-7-11-12)6-9-4-5-15(2,13)14/h7,9H,3-6H2,1-2H3. The van der Waals surface area contributed by atoms with Crippen LogP contribution in [0, 0.1) is 0 Å². The van der Waals surface area contributed by atoms with E-state index in [1.165, 1.54) is 12.6 Å². The first kappa shape index (κ1) is 12.1. The molecule has 0 atom stereocenters. The summed E-state index contributed by atoms with van der Waals surface area (Å²) in [4.78, 5) is 4.06. The smallest absolute Gasteiger partial charge is 0.148 e. The normalized spacial score (nSPS) is 11.9. The number of nitrogens with zero attached hydrogens (tertiary/aromatic N) is 3. The molecule has 0 aliphatic heterocycles. The highest BCUT2D eigenvalue weighted by Crippen LogP contribution is 1.92. The van der Waals surface area contributed by atoms with Crippen molar-refractivity contribution in [2.45, 2.75) is 20.0 Å². The molecule has 1 heterocycles. The van der Waals surface area contributed by atoms with Crippen molar-refractivity contribution in [3.63, 3.8) is 0 Å². The summed E-state index contributed by atoms with van der Waals surface area (Å²) in [7, 11) is -2.89. The van der Waals surface area contributed by atoms with Crippen LogP contribution < -0.4 is 5.32 Å². The van der Waals surface area contributed by atoms with Gasteiger partial charge in [-0.25, -0.2) is 18.1 Å². The van der Waals surface area contributed by atoms with Gasteiger partial charge in [-0.15, -0.1) is 0 Å². The molecule has 7 heteroatoms. The molecule has 15 heavy (non-hydrogen) atoms. The second kappa shape index (κ2) is 5.22. The molecule has 0 aromatic carbocycles. The Balaban J connectivity index is 2.32. The van der Waals surface area contributed by atoms with Gasteiger partial charge in [-0.2, -0.15) is 5.10 Å². The Kier molecular flexibility index (Phi) is 4.22. The summed E-state index contributed by atoms with van der Waals surface area (Å²) in [6, 6.07) is 0. The van der Waals surface area contributed by atoms with Crippen LogP contribution in [0.15, 0.2) is 6.33 Å². The molecule has 0 aliphatic carbocycles. The van der Waals surface area contributed by atoms with Crippen LogP contribution in [-0.4, -0.2) is 41.7 Å². The summed E-state index contributed by atoms with van der Waals surface area (Å²) in [6.45, 7) is 3.73. The second-order valence-electron chi connectivity index (χ2n) is 3.30. The van der Waals surface area contributed by atoms with Gasteiger partial charge in [-0.1, -0.05) is 0 Å². The van der Waals surface area contributed by atoms with Gasteiger partial charge in [0.1, 0.15) is 22.0 Å². The van der Waals surface area contributed by atoms with Crippen LogP contribution in [0.5, 0.6) is 0 Å². The van der Waals surface area contributed by atoms with Crippen LogP contribution in [0.3, 0.4) is 0 Å². The van der Waals surface area contributed by atoms with Crippen molar-refractivity contribution in [3.05, 3.63) is 12.2 Å². The average Bonchev–Trinajstić information content (AvgIpc) is 2.58. The lowest BCUT2D eigenvalue weighted by atomic mass is 10.5. The number of aryl methyl sites for hydroxylation is 1. The molecular weight excluding hydrogens is 216 g/mol. The predicted octanol–water partition coefficient (Wildman–Crippen LogP) is -0.568. The molecule has 0 radical (unpaired) electrons. The van der Waals surface area contributed by atoms with Crippen molar-refractivity contribution in [1.82, 2.24) is 20.1 Å². The third-order valence-corrected chi connectivity index (χ3v) is 2.87. The van der Waals surface area contributed by atoms with Crippen LogP contribution in [-0.2, 0) is 22.9 Å². The van der Waals surface area contributed by atoms with Gasteiger partial charge in [0.05, 0.1) is 12.3 Å². The molecule has 86 valence electrons. The van der Waals surface area contributed by atoms with Crippen molar-refractivity contribution in [2.75, 3.05) is 18.6 Å². The SMILES string of the molecule is CCn1ncnc1CNCCS(C)(=O)=O. The molecule has 0 fully saturated rings. The van der Waals surface area contributed by atoms with Gasteiger partial charge in [0.15, 0.2) is 0 Å². The quantitative estimate of drug-likeness (QED) is 0.665. The van der Waals surface area contributed by atoms with E-state index < -0.39 is 9.84 Å². The van der Waals surface area contributed by atoms with E-state index in [9.17, 15) is 8.42 Å². The fourth-order valence-corrected chi connectivity index (χ4v) is 1.66. The summed E-state index contributed by atoms with van der Waals surface area (Å²) in [5, 5.41) is 7.03. The Labute approximate surface area is 89.6 Å². The molecule has 0 aliphatic rings. The number of aromatic nitrogens is 3. The fourth-order valence-electron chi connectivity index (χ4n) is 1.15. The highest BCUT2D eigenvalue weighted by atomic mass is 32.2. The monoisotopic (exact) mass is 232 g/mol. The number of hydrogen-bond donors (Lipinski definition) is 1. The topological polar surface area (TPSA) is 76.9 Å². The first-order valence-electron chi connectivity index (χ1n) is 4.78. The number of sulfone groups is 1. The van der Waals surface area contributed by atoms with Gasteiger partial charge >= 0.3 is 0 Å². The van der Waals surface area contributed by atoms with E-state index in [0.29, 0.717) is 13.1 Å². The fraction of sp³-hybridized carbons (Fsp3) is 0.750. The summed E-state index contributed by atoms with van der Waals surface area (Å²) in [5.41, 5.74) is 0. The molecule has 6 nitrogen and oxygen atoms in total. The molecule has 0 amide bonds. The first-order valence-corrected chi connectivity index (χ1v) is 6.84. The average molecular weight is 232 g/mol.